The van der Waals surface area contributed by atoms with Crippen molar-refractivity contribution in [2.45, 2.75) is 12.7 Å². The van der Waals surface area contributed by atoms with Crippen molar-refractivity contribution >= 4 is 0 Å². The van der Waals surface area contributed by atoms with Crippen molar-refractivity contribution in [3.05, 3.63) is 60.3 Å². The lowest BCUT2D eigenvalue weighted by Gasteiger charge is -2.10. The third-order valence-corrected chi connectivity index (χ3v) is 3.76. The maximum atomic E-state index is 12.6. The number of hydrogen-bond acceptors (Lipinski definition) is 4. The molecule has 0 aliphatic carbocycles. The van der Waals surface area contributed by atoms with Crippen molar-refractivity contribution < 1.29 is 28.1 Å². The lowest BCUT2D eigenvalue weighted by Crippen LogP contribution is -2.07. The first-order valence-electron chi connectivity index (χ1n) is 7.68. The van der Waals surface area contributed by atoms with Gasteiger partial charge in [0.1, 0.15) is 12.4 Å². The molecule has 0 saturated carbocycles. The second-order valence-corrected chi connectivity index (χ2v) is 5.50. The summed E-state index contributed by atoms with van der Waals surface area (Å²) in [6, 6.07) is 10.8. The molecule has 1 aromatic carbocycles. The molecule has 3 aromatic rings. The molecule has 26 heavy (non-hydrogen) atoms. The van der Waals surface area contributed by atoms with Crippen molar-refractivity contribution in [2.24, 2.45) is 0 Å². The molecule has 0 aliphatic heterocycles. The van der Waals surface area contributed by atoms with Crippen LogP contribution in [0.2, 0.25) is 0 Å². The molecule has 0 radical (unpaired) electrons. The van der Waals surface area contributed by atoms with E-state index in [2.05, 4.69) is 4.98 Å². The number of halogens is 3. The molecule has 0 bridgehead atoms. The van der Waals surface area contributed by atoms with Crippen LogP contribution in [0.1, 0.15) is 5.56 Å². The molecule has 136 valence electrons. The zero-order valence-corrected chi connectivity index (χ0v) is 13.4. The maximum absolute atomic E-state index is 12.6. The van der Waals surface area contributed by atoms with Crippen LogP contribution >= 0.6 is 0 Å². The number of pyridine rings is 1. The minimum Gasteiger partial charge on any atom is -0.494 e. The summed E-state index contributed by atoms with van der Waals surface area (Å²) in [6.07, 6.45) is -2.91. The summed E-state index contributed by atoms with van der Waals surface area (Å²) in [7, 11) is 0. The van der Waals surface area contributed by atoms with Gasteiger partial charge in [-0.15, -0.1) is 0 Å². The second kappa shape index (κ2) is 6.99. The van der Waals surface area contributed by atoms with E-state index in [4.69, 9.17) is 4.74 Å². The molecule has 2 heterocycles. The lowest BCUT2D eigenvalue weighted by atomic mass is 10.1. The average Bonchev–Trinajstić information content (AvgIpc) is 2.94. The second-order valence-electron chi connectivity index (χ2n) is 5.50. The highest BCUT2D eigenvalue weighted by molar-refractivity contribution is 5.59. The number of nitrogens with zero attached hydrogens (tertiary/aromatic N) is 2. The number of aromatic nitrogens is 2. The Morgan fingerprint density at radius 3 is 2.12 bits per heavy atom. The van der Waals surface area contributed by atoms with Gasteiger partial charge in [0.25, 0.3) is 0 Å². The Kier molecular flexibility index (Phi) is 4.75. The van der Waals surface area contributed by atoms with Gasteiger partial charge < -0.3 is 14.9 Å². The van der Waals surface area contributed by atoms with Crippen LogP contribution in [0.15, 0.2) is 54.7 Å². The number of rotatable bonds is 5. The van der Waals surface area contributed by atoms with Gasteiger partial charge in [-0.1, -0.05) is 12.1 Å². The molecule has 2 aromatic heterocycles. The average molecular weight is 364 g/mol. The Morgan fingerprint density at radius 2 is 1.58 bits per heavy atom. The highest BCUT2D eigenvalue weighted by Gasteiger charge is 2.29. The molecule has 8 heteroatoms. The molecule has 0 aliphatic rings. The molecule has 0 fully saturated rings. The standard InChI is InChI=1S/C18H15F3N2O3/c19-18(20,21)13-3-1-12(2-4-13)15-6-5-14(11-22-15)26-10-9-23-16(24)7-8-17(23)25/h1-8,11,24-25H,9-10H2. The number of hydrogen-bond donors (Lipinski definition) is 2. The summed E-state index contributed by atoms with van der Waals surface area (Å²) in [5, 5.41) is 19.1. The van der Waals surface area contributed by atoms with Crippen molar-refractivity contribution in [3.63, 3.8) is 0 Å². The van der Waals surface area contributed by atoms with E-state index in [1.54, 1.807) is 12.1 Å². The Morgan fingerprint density at radius 1 is 0.923 bits per heavy atom. The zero-order valence-electron chi connectivity index (χ0n) is 13.4. The van der Waals surface area contributed by atoms with E-state index < -0.39 is 11.7 Å². The van der Waals surface area contributed by atoms with Crippen molar-refractivity contribution in [1.29, 1.82) is 0 Å². The Bertz CT molecular complexity index is 853. The lowest BCUT2D eigenvalue weighted by molar-refractivity contribution is -0.137. The first kappa shape index (κ1) is 17.7. The third-order valence-electron chi connectivity index (χ3n) is 3.76. The first-order chi connectivity index (χ1) is 12.3. The minimum absolute atomic E-state index is 0.0677. The minimum atomic E-state index is -4.37. The molecule has 0 saturated heterocycles. The van der Waals surface area contributed by atoms with Gasteiger partial charge >= 0.3 is 6.18 Å². The third kappa shape index (κ3) is 3.90. The largest absolute Gasteiger partial charge is 0.494 e. The summed E-state index contributed by atoms with van der Waals surface area (Å²) in [4.78, 5) is 4.18. The summed E-state index contributed by atoms with van der Waals surface area (Å²) in [5.41, 5.74) is 0.372. The smallest absolute Gasteiger partial charge is 0.416 e. The van der Waals surface area contributed by atoms with Crippen molar-refractivity contribution in [2.75, 3.05) is 6.61 Å². The monoisotopic (exact) mass is 364 g/mol. The predicted molar refractivity (Wildman–Crippen MR) is 87.9 cm³/mol. The van der Waals surface area contributed by atoms with Gasteiger partial charge in [0, 0.05) is 17.7 Å². The quantitative estimate of drug-likeness (QED) is 0.717. The molecular formula is C18H15F3N2O3. The van der Waals surface area contributed by atoms with Crippen LogP contribution in [0.5, 0.6) is 17.5 Å². The first-order valence-corrected chi connectivity index (χ1v) is 7.68. The summed E-state index contributed by atoms with van der Waals surface area (Å²) < 4.78 is 44.5. The predicted octanol–water partition coefficient (Wildman–Crippen LogP) is 4.06. The Hall–Kier alpha value is -3.16. The Labute approximate surface area is 146 Å². The van der Waals surface area contributed by atoms with E-state index in [9.17, 15) is 23.4 Å². The number of aromatic hydroxyl groups is 2. The van der Waals surface area contributed by atoms with Crippen LogP contribution in [0, 0.1) is 0 Å². The van der Waals surface area contributed by atoms with E-state index in [0.717, 1.165) is 12.1 Å². The maximum Gasteiger partial charge on any atom is 0.416 e. The number of ether oxygens (including phenoxy) is 1. The zero-order chi connectivity index (χ0) is 18.7. The summed E-state index contributed by atoms with van der Waals surface area (Å²) in [6.45, 7) is 0.433. The molecule has 2 N–H and O–H groups in total. The van der Waals surface area contributed by atoms with Crippen molar-refractivity contribution in [3.8, 4) is 28.8 Å². The molecule has 5 nitrogen and oxygen atoms in total. The van der Waals surface area contributed by atoms with Gasteiger partial charge in [0.15, 0.2) is 11.8 Å². The number of alkyl halides is 3. The van der Waals surface area contributed by atoms with Crippen LogP contribution < -0.4 is 4.74 Å². The van der Waals surface area contributed by atoms with Gasteiger partial charge in [0.2, 0.25) is 0 Å². The molecule has 0 unspecified atom stereocenters. The molecule has 0 amide bonds. The highest BCUT2D eigenvalue weighted by atomic mass is 19.4. The SMILES string of the molecule is Oc1ccc(O)n1CCOc1ccc(-c2ccc(C(F)(F)F)cc2)nc1. The normalized spacial score (nSPS) is 11.5. The fourth-order valence-corrected chi connectivity index (χ4v) is 2.40. The van der Waals surface area contributed by atoms with Gasteiger partial charge in [-0.05, 0) is 24.3 Å². The van der Waals surface area contributed by atoms with E-state index in [-0.39, 0.29) is 24.9 Å². The molecule has 0 spiro atoms. The molecule has 3 rings (SSSR count). The van der Waals surface area contributed by atoms with Crippen LogP contribution in [0.3, 0.4) is 0 Å². The van der Waals surface area contributed by atoms with E-state index in [1.165, 1.54) is 35.0 Å². The van der Waals surface area contributed by atoms with Crippen LogP contribution in [0.4, 0.5) is 13.2 Å². The van der Waals surface area contributed by atoms with Crippen LogP contribution in [0.25, 0.3) is 11.3 Å². The van der Waals surface area contributed by atoms with Gasteiger partial charge in [-0.3, -0.25) is 9.55 Å². The highest BCUT2D eigenvalue weighted by Crippen LogP contribution is 2.30. The van der Waals surface area contributed by atoms with Crippen LogP contribution in [-0.2, 0) is 12.7 Å². The van der Waals surface area contributed by atoms with Gasteiger partial charge in [-0.2, -0.15) is 13.2 Å². The Balaban J connectivity index is 1.61. The van der Waals surface area contributed by atoms with E-state index in [1.807, 2.05) is 0 Å². The fourth-order valence-electron chi connectivity index (χ4n) is 2.40. The number of benzene rings is 1. The van der Waals surface area contributed by atoms with Gasteiger partial charge in [-0.25, -0.2) is 0 Å². The topological polar surface area (TPSA) is 67.5 Å². The molecular weight excluding hydrogens is 349 g/mol. The van der Waals surface area contributed by atoms with Crippen LogP contribution in [-0.4, -0.2) is 26.4 Å². The van der Waals surface area contributed by atoms with Gasteiger partial charge in [0.05, 0.1) is 24.0 Å². The van der Waals surface area contributed by atoms with Crippen molar-refractivity contribution in [1.82, 2.24) is 9.55 Å². The summed E-state index contributed by atoms with van der Waals surface area (Å²) >= 11 is 0. The van der Waals surface area contributed by atoms with E-state index in [0.29, 0.717) is 17.0 Å². The summed E-state index contributed by atoms with van der Waals surface area (Å²) in [5.74, 6) is 0.329. The fraction of sp³-hybridized carbons (Fsp3) is 0.167. The molecule has 0 atom stereocenters. The van der Waals surface area contributed by atoms with E-state index >= 15 is 0 Å².